The number of rotatable bonds is 5. The molecule has 0 bridgehead atoms. The van der Waals surface area contributed by atoms with Crippen molar-refractivity contribution >= 4 is 0 Å². The van der Waals surface area contributed by atoms with Gasteiger partial charge in [0.1, 0.15) is 0 Å². The SMILES string of the molecule is CCC(CC)C(NC)c1cc(C)ccc1C. The molecule has 0 spiro atoms. The summed E-state index contributed by atoms with van der Waals surface area (Å²) in [6.07, 6.45) is 2.46. The fourth-order valence-corrected chi connectivity index (χ4v) is 2.50. The molecule has 90 valence electrons. The van der Waals surface area contributed by atoms with E-state index in [2.05, 4.69) is 58.3 Å². The van der Waals surface area contributed by atoms with Gasteiger partial charge in [0.2, 0.25) is 0 Å². The van der Waals surface area contributed by atoms with Gasteiger partial charge in [0.05, 0.1) is 0 Å². The standard InChI is InChI=1S/C15H25N/c1-6-13(7-2)15(16-5)14-10-11(3)8-9-12(14)4/h8-10,13,15-16H,6-7H2,1-5H3. The molecule has 1 N–H and O–H groups in total. The highest BCUT2D eigenvalue weighted by Crippen LogP contribution is 2.29. The van der Waals surface area contributed by atoms with Crippen LogP contribution < -0.4 is 5.32 Å². The molecule has 0 aliphatic carbocycles. The highest BCUT2D eigenvalue weighted by molar-refractivity contribution is 5.33. The predicted octanol–water partition coefficient (Wildman–Crippen LogP) is 4.00. The van der Waals surface area contributed by atoms with Gasteiger partial charge < -0.3 is 5.32 Å². The summed E-state index contributed by atoms with van der Waals surface area (Å²) in [5.41, 5.74) is 4.22. The maximum Gasteiger partial charge on any atom is 0.0348 e. The van der Waals surface area contributed by atoms with Gasteiger partial charge in [-0.25, -0.2) is 0 Å². The second-order valence-electron chi connectivity index (χ2n) is 4.70. The topological polar surface area (TPSA) is 12.0 Å². The summed E-state index contributed by atoms with van der Waals surface area (Å²) < 4.78 is 0. The summed E-state index contributed by atoms with van der Waals surface area (Å²) in [4.78, 5) is 0. The van der Waals surface area contributed by atoms with Gasteiger partial charge in [0.25, 0.3) is 0 Å². The van der Waals surface area contributed by atoms with Crippen LogP contribution >= 0.6 is 0 Å². The number of aryl methyl sites for hydroxylation is 2. The molecule has 0 aliphatic heterocycles. The first-order chi connectivity index (χ1) is 7.63. The van der Waals surface area contributed by atoms with Crippen molar-refractivity contribution in [3.63, 3.8) is 0 Å². The van der Waals surface area contributed by atoms with E-state index in [-0.39, 0.29) is 0 Å². The van der Waals surface area contributed by atoms with Crippen LogP contribution in [0.3, 0.4) is 0 Å². The third kappa shape index (κ3) is 2.85. The van der Waals surface area contributed by atoms with E-state index < -0.39 is 0 Å². The Hall–Kier alpha value is -0.820. The number of nitrogens with one attached hydrogen (secondary N) is 1. The summed E-state index contributed by atoms with van der Waals surface area (Å²) >= 11 is 0. The van der Waals surface area contributed by atoms with Gasteiger partial charge in [-0.2, -0.15) is 0 Å². The minimum absolute atomic E-state index is 0.495. The van der Waals surface area contributed by atoms with Gasteiger partial charge in [0.15, 0.2) is 0 Å². The third-order valence-corrected chi connectivity index (χ3v) is 3.60. The lowest BCUT2D eigenvalue weighted by Gasteiger charge is -2.27. The third-order valence-electron chi connectivity index (χ3n) is 3.60. The maximum atomic E-state index is 3.49. The summed E-state index contributed by atoms with van der Waals surface area (Å²) in [5, 5.41) is 3.49. The van der Waals surface area contributed by atoms with Gasteiger partial charge in [0, 0.05) is 6.04 Å². The molecule has 1 nitrogen and oxygen atoms in total. The lowest BCUT2D eigenvalue weighted by molar-refractivity contribution is 0.358. The van der Waals surface area contributed by atoms with Crippen LogP contribution in [0.2, 0.25) is 0 Å². The van der Waals surface area contributed by atoms with Crippen molar-refractivity contribution in [3.05, 3.63) is 34.9 Å². The molecule has 1 aromatic carbocycles. The molecule has 0 amide bonds. The van der Waals surface area contributed by atoms with Crippen LogP contribution in [0.4, 0.5) is 0 Å². The van der Waals surface area contributed by atoms with E-state index in [0.717, 1.165) is 5.92 Å². The molecule has 0 aromatic heterocycles. The highest BCUT2D eigenvalue weighted by Gasteiger charge is 2.19. The molecule has 1 aromatic rings. The van der Waals surface area contributed by atoms with Gasteiger partial charge in [-0.15, -0.1) is 0 Å². The quantitative estimate of drug-likeness (QED) is 0.789. The summed E-state index contributed by atoms with van der Waals surface area (Å²) in [6.45, 7) is 8.94. The molecule has 0 heterocycles. The molecule has 0 saturated carbocycles. The first kappa shape index (κ1) is 13.2. The Bertz CT molecular complexity index is 326. The summed E-state index contributed by atoms with van der Waals surface area (Å²) in [6, 6.07) is 7.25. The zero-order valence-electron chi connectivity index (χ0n) is 11.3. The van der Waals surface area contributed by atoms with Crippen LogP contribution in [-0.2, 0) is 0 Å². The Labute approximate surface area is 100 Å². The predicted molar refractivity (Wildman–Crippen MR) is 71.8 cm³/mol. The van der Waals surface area contributed by atoms with Crippen molar-refractivity contribution in [2.24, 2.45) is 5.92 Å². The van der Waals surface area contributed by atoms with Crippen molar-refractivity contribution in [1.29, 1.82) is 0 Å². The summed E-state index contributed by atoms with van der Waals surface area (Å²) in [7, 11) is 2.07. The monoisotopic (exact) mass is 219 g/mol. The Morgan fingerprint density at radius 1 is 1.12 bits per heavy atom. The second kappa shape index (κ2) is 6.05. The van der Waals surface area contributed by atoms with E-state index in [1.165, 1.54) is 29.5 Å². The number of benzene rings is 1. The average Bonchev–Trinajstić information content (AvgIpc) is 2.29. The average molecular weight is 219 g/mol. The van der Waals surface area contributed by atoms with E-state index in [9.17, 15) is 0 Å². The van der Waals surface area contributed by atoms with E-state index in [1.54, 1.807) is 0 Å². The molecule has 0 radical (unpaired) electrons. The molecule has 1 rings (SSSR count). The second-order valence-corrected chi connectivity index (χ2v) is 4.70. The van der Waals surface area contributed by atoms with Gasteiger partial charge >= 0.3 is 0 Å². The van der Waals surface area contributed by atoms with Crippen molar-refractivity contribution in [1.82, 2.24) is 5.32 Å². The zero-order chi connectivity index (χ0) is 12.1. The fraction of sp³-hybridized carbons (Fsp3) is 0.600. The highest BCUT2D eigenvalue weighted by atomic mass is 14.9. The van der Waals surface area contributed by atoms with E-state index >= 15 is 0 Å². The van der Waals surface area contributed by atoms with E-state index in [4.69, 9.17) is 0 Å². The number of hydrogen-bond acceptors (Lipinski definition) is 1. The normalized spacial score (nSPS) is 13.1. The minimum Gasteiger partial charge on any atom is -0.313 e. The van der Waals surface area contributed by atoms with Crippen molar-refractivity contribution in [2.45, 2.75) is 46.6 Å². The molecule has 1 heteroatoms. The van der Waals surface area contributed by atoms with Crippen LogP contribution in [0.15, 0.2) is 18.2 Å². The fourth-order valence-electron chi connectivity index (χ4n) is 2.50. The maximum absolute atomic E-state index is 3.49. The van der Waals surface area contributed by atoms with Crippen LogP contribution in [0.5, 0.6) is 0 Å². The Morgan fingerprint density at radius 2 is 1.75 bits per heavy atom. The molecule has 16 heavy (non-hydrogen) atoms. The van der Waals surface area contributed by atoms with Gasteiger partial charge in [-0.05, 0) is 37.9 Å². The smallest absolute Gasteiger partial charge is 0.0348 e. The molecule has 0 aliphatic rings. The molecule has 0 fully saturated rings. The van der Waals surface area contributed by atoms with Crippen LogP contribution in [0.25, 0.3) is 0 Å². The lowest BCUT2D eigenvalue weighted by atomic mass is 9.86. The van der Waals surface area contributed by atoms with Crippen LogP contribution in [0, 0.1) is 19.8 Å². The van der Waals surface area contributed by atoms with E-state index in [1.807, 2.05) is 0 Å². The first-order valence-corrected chi connectivity index (χ1v) is 6.38. The molecule has 1 unspecified atom stereocenters. The van der Waals surface area contributed by atoms with Crippen LogP contribution in [-0.4, -0.2) is 7.05 Å². The number of hydrogen-bond donors (Lipinski definition) is 1. The molecular formula is C15H25N. The minimum atomic E-state index is 0.495. The first-order valence-electron chi connectivity index (χ1n) is 6.38. The Morgan fingerprint density at radius 3 is 2.25 bits per heavy atom. The molecule has 0 saturated heterocycles. The Balaban J connectivity index is 3.06. The van der Waals surface area contributed by atoms with Gasteiger partial charge in [-0.1, -0.05) is 50.5 Å². The van der Waals surface area contributed by atoms with Gasteiger partial charge in [-0.3, -0.25) is 0 Å². The zero-order valence-corrected chi connectivity index (χ0v) is 11.3. The van der Waals surface area contributed by atoms with Crippen molar-refractivity contribution in [3.8, 4) is 0 Å². The van der Waals surface area contributed by atoms with Crippen molar-refractivity contribution in [2.75, 3.05) is 7.05 Å². The van der Waals surface area contributed by atoms with Crippen molar-refractivity contribution < 1.29 is 0 Å². The molecular weight excluding hydrogens is 194 g/mol. The van der Waals surface area contributed by atoms with Crippen LogP contribution in [0.1, 0.15) is 49.4 Å². The lowest BCUT2D eigenvalue weighted by Crippen LogP contribution is -2.25. The summed E-state index contributed by atoms with van der Waals surface area (Å²) in [5.74, 6) is 0.727. The Kier molecular flexibility index (Phi) is 5.01. The molecule has 1 atom stereocenters. The largest absolute Gasteiger partial charge is 0.313 e. The van der Waals surface area contributed by atoms with E-state index in [0.29, 0.717) is 6.04 Å².